The first-order valence-corrected chi connectivity index (χ1v) is 8.73. The maximum Gasteiger partial charge on any atom is 0.164 e. The number of rotatable bonds is 4. The van der Waals surface area contributed by atoms with Gasteiger partial charge < -0.3 is 9.09 Å². The highest BCUT2D eigenvalue weighted by Gasteiger charge is 2.31. The van der Waals surface area contributed by atoms with Gasteiger partial charge in [-0.3, -0.25) is 4.79 Å². The van der Waals surface area contributed by atoms with E-state index < -0.39 is 5.54 Å². The van der Waals surface area contributed by atoms with Crippen LogP contribution in [-0.2, 0) is 22.2 Å². The molecule has 132 valence electrons. The Labute approximate surface area is 152 Å². The van der Waals surface area contributed by atoms with Gasteiger partial charge in [-0.25, -0.2) is 0 Å². The van der Waals surface area contributed by atoms with Gasteiger partial charge in [0.2, 0.25) is 0 Å². The Bertz CT molecular complexity index is 929. The second-order valence-electron chi connectivity index (χ2n) is 7.98. The Balaban J connectivity index is 1.88. The number of Topliss-reactive ketones (excluding diaryl/α,β-unsaturated/α-hetero) is 1. The third kappa shape index (κ3) is 3.36. The van der Waals surface area contributed by atoms with Gasteiger partial charge in [0.05, 0.1) is 17.7 Å². The van der Waals surface area contributed by atoms with E-state index in [-0.39, 0.29) is 17.6 Å². The quantitative estimate of drug-likeness (QED) is 0.649. The van der Waals surface area contributed by atoms with Gasteiger partial charge in [-0.2, -0.15) is 0 Å². The van der Waals surface area contributed by atoms with Gasteiger partial charge in [-0.15, -0.1) is 0 Å². The van der Waals surface area contributed by atoms with E-state index in [4.69, 9.17) is 16.1 Å². The monoisotopic (exact) mass is 358 g/mol. The molecule has 1 aromatic carbocycles. The Morgan fingerprint density at radius 3 is 2.52 bits per heavy atom. The van der Waals surface area contributed by atoms with E-state index in [1.54, 1.807) is 0 Å². The van der Waals surface area contributed by atoms with Crippen molar-refractivity contribution in [1.29, 1.82) is 0 Å². The Morgan fingerprint density at radius 2 is 1.88 bits per heavy atom. The first-order valence-electron chi connectivity index (χ1n) is 8.35. The number of benzene rings is 1. The molecule has 25 heavy (non-hydrogen) atoms. The molecule has 0 fully saturated rings. The predicted octanol–water partition coefficient (Wildman–Crippen LogP) is 5.13. The molecule has 3 rings (SSSR count). The Kier molecular flexibility index (Phi) is 4.28. The second kappa shape index (κ2) is 6.03. The third-order valence-corrected chi connectivity index (χ3v) is 4.81. The summed E-state index contributed by atoms with van der Waals surface area (Å²) >= 11 is 6.06. The van der Waals surface area contributed by atoms with Crippen LogP contribution >= 0.6 is 11.6 Å². The lowest BCUT2D eigenvalue weighted by molar-refractivity contribution is -0.125. The summed E-state index contributed by atoms with van der Waals surface area (Å²) in [7, 11) is 0. The molecule has 0 saturated heterocycles. The number of carbonyl (C=O) groups excluding carboxylic acids is 1. The standard InChI is InChI=1S/C20H23ClN2O2/c1-19(2,3)18-12-15(22-25-18)11-17(24)20(4,5)23-9-8-13-10-14(21)6-7-16(13)23/h6-10,12H,11H2,1-5H3. The highest BCUT2D eigenvalue weighted by Crippen LogP contribution is 2.29. The molecule has 0 aliphatic rings. The summed E-state index contributed by atoms with van der Waals surface area (Å²) in [6, 6.07) is 9.54. The number of nitrogens with zero attached hydrogens (tertiary/aromatic N) is 2. The van der Waals surface area contributed by atoms with Crippen LogP contribution in [0.4, 0.5) is 0 Å². The van der Waals surface area contributed by atoms with Crippen LogP contribution in [0.2, 0.25) is 5.02 Å². The van der Waals surface area contributed by atoms with E-state index >= 15 is 0 Å². The van der Waals surface area contributed by atoms with Crippen LogP contribution in [0.15, 0.2) is 41.1 Å². The topological polar surface area (TPSA) is 48.0 Å². The zero-order valence-corrected chi connectivity index (χ0v) is 16.0. The van der Waals surface area contributed by atoms with Gasteiger partial charge >= 0.3 is 0 Å². The van der Waals surface area contributed by atoms with Gasteiger partial charge in [-0.05, 0) is 38.1 Å². The number of hydrogen-bond acceptors (Lipinski definition) is 3. The summed E-state index contributed by atoms with van der Waals surface area (Å²) in [5.74, 6) is 0.864. The first kappa shape index (κ1) is 17.7. The van der Waals surface area contributed by atoms with Crippen molar-refractivity contribution < 1.29 is 9.32 Å². The Hall–Kier alpha value is -2.07. The number of aromatic nitrogens is 2. The zero-order chi connectivity index (χ0) is 18.4. The highest BCUT2D eigenvalue weighted by atomic mass is 35.5. The number of fused-ring (bicyclic) bond motifs is 1. The molecule has 0 N–H and O–H groups in total. The van der Waals surface area contributed by atoms with Crippen LogP contribution in [0, 0.1) is 0 Å². The van der Waals surface area contributed by atoms with E-state index in [2.05, 4.69) is 25.9 Å². The van der Waals surface area contributed by atoms with Crippen LogP contribution in [-0.4, -0.2) is 15.5 Å². The smallest absolute Gasteiger partial charge is 0.164 e. The van der Waals surface area contributed by atoms with Crippen molar-refractivity contribution in [3.8, 4) is 0 Å². The fraction of sp³-hybridized carbons (Fsp3) is 0.400. The van der Waals surface area contributed by atoms with Crippen molar-refractivity contribution in [2.24, 2.45) is 0 Å². The molecule has 3 aromatic rings. The molecule has 0 saturated carbocycles. The lowest BCUT2D eigenvalue weighted by Gasteiger charge is -2.26. The summed E-state index contributed by atoms with van der Waals surface area (Å²) in [6.45, 7) is 10.0. The fourth-order valence-corrected chi connectivity index (χ4v) is 3.05. The molecular weight excluding hydrogens is 336 g/mol. The van der Waals surface area contributed by atoms with Crippen molar-refractivity contribution in [2.75, 3.05) is 0 Å². The summed E-state index contributed by atoms with van der Waals surface area (Å²) in [4.78, 5) is 13.0. The molecule has 0 atom stereocenters. The van der Waals surface area contributed by atoms with E-state index in [9.17, 15) is 4.79 Å². The van der Waals surface area contributed by atoms with Crippen molar-refractivity contribution in [1.82, 2.24) is 9.72 Å². The van der Waals surface area contributed by atoms with Crippen LogP contribution in [0.5, 0.6) is 0 Å². The molecule has 0 bridgehead atoms. The lowest BCUT2D eigenvalue weighted by Crippen LogP contribution is -2.36. The van der Waals surface area contributed by atoms with Gasteiger partial charge in [0.1, 0.15) is 5.76 Å². The van der Waals surface area contributed by atoms with E-state index in [0.29, 0.717) is 10.7 Å². The van der Waals surface area contributed by atoms with Gasteiger partial charge in [0, 0.05) is 33.6 Å². The molecule has 0 radical (unpaired) electrons. The molecule has 2 heterocycles. The molecule has 0 unspecified atom stereocenters. The van der Waals surface area contributed by atoms with Crippen molar-refractivity contribution >= 4 is 28.3 Å². The average molecular weight is 359 g/mol. The molecule has 0 spiro atoms. The minimum Gasteiger partial charge on any atom is -0.361 e. The summed E-state index contributed by atoms with van der Waals surface area (Å²) in [5, 5.41) is 5.77. The number of ketones is 1. The molecule has 2 aromatic heterocycles. The predicted molar refractivity (Wildman–Crippen MR) is 100 cm³/mol. The highest BCUT2D eigenvalue weighted by molar-refractivity contribution is 6.31. The largest absolute Gasteiger partial charge is 0.361 e. The number of hydrogen-bond donors (Lipinski definition) is 0. The maximum atomic E-state index is 13.0. The maximum absolute atomic E-state index is 13.0. The Morgan fingerprint density at radius 1 is 1.16 bits per heavy atom. The fourth-order valence-electron chi connectivity index (χ4n) is 2.86. The molecule has 0 aliphatic heterocycles. The van der Waals surface area contributed by atoms with E-state index in [1.807, 2.05) is 54.9 Å². The van der Waals surface area contributed by atoms with Crippen molar-refractivity contribution in [2.45, 2.75) is 52.0 Å². The molecule has 0 aliphatic carbocycles. The summed E-state index contributed by atoms with van der Waals surface area (Å²) < 4.78 is 7.38. The van der Waals surface area contributed by atoms with E-state index in [1.165, 1.54) is 0 Å². The van der Waals surface area contributed by atoms with Crippen LogP contribution in [0.25, 0.3) is 10.9 Å². The van der Waals surface area contributed by atoms with Crippen LogP contribution in [0.1, 0.15) is 46.1 Å². The molecular formula is C20H23ClN2O2. The lowest BCUT2D eigenvalue weighted by atomic mass is 9.91. The van der Waals surface area contributed by atoms with Gasteiger partial charge in [-0.1, -0.05) is 37.5 Å². The second-order valence-corrected chi connectivity index (χ2v) is 8.42. The van der Waals surface area contributed by atoms with Gasteiger partial charge in [0.25, 0.3) is 0 Å². The third-order valence-electron chi connectivity index (χ3n) is 4.58. The summed E-state index contributed by atoms with van der Waals surface area (Å²) in [5.41, 5.74) is 0.830. The average Bonchev–Trinajstić information content (AvgIpc) is 3.12. The van der Waals surface area contributed by atoms with Gasteiger partial charge in [0.15, 0.2) is 5.78 Å². The first-order chi connectivity index (χ1) is 11.6. The van der Waals surface area contributed by atoms with Crippen LogP contribution < -0.4 is 0 Å². The minimum atomic E-state index is -0.698. The SMILES string of the molecule is CC(C)(C)c1cc(CC(=O)C(C)(C)n2ccc3cc(Cl)ccc32)no1. The molecule has 0 amide bonds. The van der Waals surface area contributed by atoms with Crippen LogP contribution in [0.3, 0.4) is 0 Å². The molecule has 4 nitrogen and oxygen atoms in total. The number of carbonyl (C=O) groups is 1. The summed E-state index contributed by atoms with van der Waals surface area (Å²) in [6.07, 6.45) is 2.17. The normalized spacial score (nSPS) is 12.7. The molecule has 5 heteroatoms. The van der Waals surface area contributed by atoms with E-state index in [0.717, 1.165) is 16.7 Å². The zero-order valence-electron chi connectivity index (χ0n) is 15.3. The van der Waals surface area contributed by atoms with Crippen molar-refractivity contribution in [3.63, 3.8) is 0 Å². The minimum absolute atomic E-state index is 0.0775. The van der Waals surface area contributed by atoms with Crippen molar-refractivity contribution in [3.05, 3.63) is 53.0 Å². The number of halogens is 1.